The molecular formula is C45H73NO15. The molecule has 0 aromatic heterocycles. The summed E-state index contributed by atoms with van der Waals surface area (Å²) in [6.07, 6.45) is -11.9. The van der Waals surface area contributed by atoms with Crippen LogP contribution in [-0.4, -0.2) is 180 Å². The molecule has 0 aromatic carbocycles. The van der Waals surface area contributed by atoms with Crippen LogP contribution in [0.5, 0.6) is 0 Å². The second kappa shape index (κ2) is 16.8. The number of rotatable bonds is 7. The van der Waals surface area contributed by atoms with E-state index < -0.39 is 98.7 Å². The van der Waals surface area contributed by atoms with Crippen molar-refractivity contribution in [3.05, 3.63) is 11.6 Å². The first-order valence-electron chi connectivity index (χ1n) is 23.3. The molecule has 5 saturated heterocycles. The largest absolute Gasteiger partial charge is 0.394 e. The Morgan fingerprint density at radius 2 is 1.34 bits per heavy atom. The van der Waals surface area contributed by atoms with E-state index in [2.05, 4.69) is 38.7 Å². The van der Waals surface area contributed by atoms with Crippen molar-refractivity contribution < 1.29 is 74.4 Å². The lowest BCUT2D eigenvalue weighted by Gasteiger charge is -2.58. The van der Waals surface area contributed by atoms with Crippen molar-refractivity contribution in [1.29, 1.82) is 0 Å². The Kier molecular flexibility index (Phi) is 12.4. The number of aliphatic hydroxyl groups excluding tert-OH is 9. The number of hydrogen-bond acceptors (Lipinski definition) is 16. The fourth-order valence-electron chi connectivity index (χ4n) is 14.9. The van der Waals surface area contributed by atoms with E-state index in [1.165, 1.54) is 38.7 Å². The number of aliphatic hydroxyl groups is 9. The normalized spacial score (nSPS) is 58.5. The fraction of sp³-hybridized carbons (Fsp3) is 0.956. The van der Waals surface area contributed by atoms with Crippen LogP contribution in [0.4, 0.5) is 0 Å². The monoisotopic (exact) mass is 867 g/mol. The van der Waals surface area contributed by atoms with Gasteiger partial charge in [0.2, 0.25) is 0 Å². The summed E-state index contributed by atoms with van der Waals surface area (Å²) in [4.78, 5) is 2.72. The molecule has 5 aliphatic heterocycles. The zero-order valence-electron chi connectivity index (χ0n) is 36.5. The Morgan fingerprint density at radius 1 is 0.705 bits per heavy atom. The Bertz CT molecular complexity index is 1610. The van der Waals surface area contributed by atoms with Crippen LogP contribution in [0.2, 0.25) is 0 Å². The molecule has 61 heavy (non-hydrogen) atoms. The molecule has 0 spiro atoms. The zero-order valence-corrected chi connectivity index (χ0v) is 36.5. The summed E-state index contributed by atoms with van der Waals surface area (Å²) in [6.45, 7) is 13.1. The van der Waals surface area contributed by atoms with E-state index in [0.29, 0.717) is 54.4 Å². The van der Waals surface area contributed by atoms with Gasteiger partial charge in [-0.05, 0) is 112 Å². The Labute approximate surface area is 359 Å². The van der Waals surface area contributed by atoms with Gasteiger partial charge in [0, 0.05) is 18.6 Å². The number of ether oxygens (including phenoxy) is 6. The van der Waals surface area contributed by atoms with Crippen molar-refractivity contribution in [2.24, 2.45) is 46.3 Å². The van der Waals surface area contributed by atoms with Crippen LogP contribution in [0, 0.1) is 46.3 Å². The van der Waals surface area contributed by atoms with E-state index in [1.54, 1.807) is 0 Å². The first-order chi connectivity index (χ1) is 28.9. The van der Waals surface area contributed by atoms with E-state index >= 15 is 0 Å². The highest BCUT2D eigenvalue weighted by Crippen LogP contribution is 2.70. The van der Waals surface area contributed by atoms with Crippen LogP contribution in [0.15, 0.2) is 11.6 Å². The fourth-order valence-corrected chi connectivity index (χ4v) is 14.9. The summed E-state index contributed by atoms with van der Waals surface area (Å²) >= 11 is 0. The number of hydrogen-bond donors (Lipinski definition) is 9. The van der Waals surface area contributed by atoms with E-state index in [4.69, 9.17) is 28.4 Å². The van der Waals surface area contributed by atoms with Crippen molar-refractivity contribution in [1.82, 2.24) is 4.90 Å². The summed E-state index contributed by atoms with van der Waals surface area (Å²) < 4.78 is 36.6. The first-order valence-corrected chi connectivity index (χ1v) is 23.3. The second-order valence-corrected chi connectivity index (χ2v) is 21.4. The minimum Gasteiger partial charge on any atom is -0.394 e. The SMILES string of the molecule is C[C@H]1C[C@H](O)[C@@H]2[C@@H](C)[C@H]3[C@H](C[C@H]4[C@@H]5CC=C6C[C@@H](O[C@@H]7O[C@H](CO)[C@@H](O[C@@H]8O[C@@H](C)[C@H](O)[C@@H](O)[C@H]8O)[C@H](O)[C@H]7O[C@@H]7O[C@@H](C)[C@H](O)[C@@H](O)[C@H]7O)CC[C@]6(C)[C@H]5CC[C@]34C)N2C1. The van der Waals surface area contributed by atoms with Crippen molar-refractivity contribution in [2.75, 3.05) is 13.2 Å². The molecule has 0 bridgehead atoms. The molecule has 0 radical (unpaired) electrons. The molecule has 348 valence electrons. The molecule has 4 aliphatic carbocycles. The number of fused-ring (bicyclic) bond motifs is 9. The van der Waals surface area contributed by atoms with E-state index in [-0.39, 0.29) is 29.1 Å². The van der Waals surface area contributed by atoms with Crippen molar-refractivity contribution >= 4 is 0 Å². The summed E-state index contributed by atoms with van der Waals surface area (Å²) in [7, 11) is 0. The summed E-state index contributed by atoms with van der Waals surface area (Å²) in [5.41, 5.74) is 1.59. The van der Waals surface area contributed by atoms with Gasteiger partial charge >= 0.3 is 0 Å². The standard InChI is InChI=1S/C45H73NO15/c1-18-13-28(48)31-19(2)30-27(46(31)16-18)15-26-24-8-7-22-14-23(9-11-44(22,5)25(24)10-12-45(26,30)6)58-43-40(61-42-37(54)35(52)33(50)21(4)57-42)38(55)39(29(17-47)59-43)60-41-36(53)34(51)32(49)20(3)56-41/h7,18-21,23-43,47-55H,8-17H2,1-6H3/t18-,19-,20-,21-,23-,24+,25-,26-,27-,28-,29+,30-,31-,32-,33-,34+,35+,36+,37+,38-,39+,40+,41-,42-,43+,44-,45-/m0/s1. The minimum absolute atomic E-state index is 0.00946. The maximum Gasteiger partial charge on any atom is 0.187 e. The van der Waals surface area contributed by atoms with Crippen molar-refractivity contribution in [2.45, 2.75) is 209 Å². The molecule has 0 aromatic rings. The quantitative estimate of drug-likeness (QED) is 0.155. The Hall–Kier alpha value is -0.900. The topological polar surface area (TPSA) is 241 Å². The second-order valence-electron chi connectivity index (χ2n) is 21.4. The predicted molar refractivity (Wildman–Crippen MR) is 215 cm³/mol. The third-order valence-electron chi connectivity index (χ3n) is 18.0. The molecule has 8 fully saturated rings. The van der Waals surface area contributed by atoms with Gasteiger partial charge in [-0.25, -0.2) is 0 Å². The molecular weight excluding hydrogens is 794 g/mol. The molecule has 27 atom stereocenters. The van der Waals surface area contributed by atoms with Crippen molar-refractivity contribution in [3.63, 3.8) is 0 Å². The smallest absolute Gasteiger partial charge is 0.187 e. The zero-order chi connectivity index (χ0) is 43.6. The van der Waals surface area contributed by atoms with Gasteiger partial charge in [0.1, 0.15) is 61.0 Å². The van der Waals surface area contributed by atoms with Crippen LogP contribution in [-0.2, 0) is 28.4 Å². The van der Waals surface area contributed by atoms with Gasteiger partial charge in [-0.15, -0.1) is 0 Å². The van der Waals surface area contributed by atoms with E-state index in [9.17, 15) is 46.0 Å². The average Bonchev–Trinajstić information content (AvgIpc) is 3.70. The van der Waals surface area contributed by atoms with Gasteiger partial charge in [-0.3, -0.25) is 4.90 Å². The van der Waals surface area contributed by atoms with Gasteiger partial charge in [0.05, 0.1) is 31.0 Å². The first kappa shape index (κ1) is 45.3. The molecule has 16 nitrogen and oxygen atoms in total. The molecule has 5 heterocycles. The van der Waals surface area contributed by atoms with E-state index in [1.807, 2.05) is 0 Å². The molecule has 9 N–H and O–H groups in total. The number of piperidine rings is 1. The third kappa shape index (κ3) is 7.33. The van der Waals surface area contributed by atoms with Crippen LogP contribution in [0.3, 0.4) is 0 Å². The summed E-state index contributed by atoms with van der Waals surface area (Å²) in [5, 5.41) is 97.2. The van der Waals surface area contributed by atoms with Gasteiger partial charge in [-0.2, -0.15) is 0 Å². The number of nitrogens with zero attached hydrogens (tertiary/aromatic N) is 1. The lowest BCUT2D eigenvalue weighted by atomic mass is 9.47. The van der Waals surface area contributed by atoms with Crippen LogP contribution in [0.25, 0.3) is 0 Å². The van der Waals surface area contributed by atoms with Gasteiger partial charge < -0.3 is 74.4 Å². The third-order valence-corrected chi connectivity index (χ3v) is 18.0. The molecule has 9 aliphatic rings. The van der Waals surface area contributed by atoms with Gasteiger partial charge in [0.25, 0.3) is 0 Å². The lowest BCUT2D eigenvalue weighted by Crippen LogP contribution is -2.66. The Balaban J connectivity index is 0.928. The van der Waals surface area contributed by atoms with Crippen LogP contribution >= 0.6 is 0 Å². The highest BCUT2D eigenvalue weighted by Gasteiger charge is 2.67. The van der Waals surface area contributed by atoms with Crippen LogP contribution < -0.4 is 0 Å². The molecule has 0 unspecified atom stereocenters. The lowest BCUT2D eigenvalue weighted by molar-refractivity contribution is -0.388. The van der Waals surface area contributed by atoms with Gasteiger partial charge in [-0.1, -0.05) is 39.3 Å². The molecule has 9 rings (SSSR count). The average molecular weight is 868 g/mol. The van der Waals surface area contributed by atoms with Crippen molar-refractivity contribution in [3.8, 4) is 0 Å². The van der Waals surface area contributed by atoms with Crippen LogP contribution in [0.1, 0.15) is 92.9 Å². The Morgan fingerprint density at radius 3 is 1.98 bits per heavy atom. The van der Waals surface area contributed by atoms with Gasteiger partial charge in [0.15, 0.2) is 18.9 Å². The summed E-state index contributed by atoms with van der Waals surface area (Å²) in [5.74, 6) is 3.32. The molecule has 16 heteroatoms. The maximum atomic E-state index is 12.0. The molecule has 3 saturated carbocycles. The minimum atomic E-state index is -1.71. The predicted octanol–water partition coefficient (Wildman–Crippen LogP) is 0.154. The highest BCUT2D eigenvalue weighted by molar-refractivity contribution is 5.27. The van der Waals surface area contributed by atoms with E-state index in [0.717, 1.165) is 25.8 Å². The molecule has 0 amide bonds. The number of allylic oxidation sites excluding steroid dienone is 1. The summed E-state index contributed by atoms with van der Waals surface area (Å²) in [6, 6.07) is 0.801. The maximum absolute atomic E-state index is 12.0. The highest BCUT2D eigenvalue weighted by atomic mass is 16.8.